The van der Waals surface area contributed by atoms with Crippen molar-refractivity contribution in [1.29, 1.82) is 0 Å². The Morgan fingerprint density at radius 2 is 1.96 bits per heavy atom. The minimum Gasteiger partial charge on any atom is -0.490 e. The van der Waals surface area contributed by atoms with E-state index >= 15 is 0 Å². The second kappa shape index (κ2) is 8.84. The number of amides is 1. The van der Waals surface area contributed by atoms with Gasteiger partial charge < -0.3 is 10.1 Å². The van der Waals surface area contributed by atoms with Gasteiger partial charge in [-0.2, -0.15) is 17.0 Å². The van der Waals surface area contributed by atoms with Gasteiger partial charge in [0.2, 0.25) is 5.91 Å². The number of halogens is 1. The summed E-state index contributed by atoms with van der Waals surface area (Å²) in [5.41, 5.74) is 0. The summed E-state index contributed by atoms with van der Waals surface area (Å²) in [6.45, 7) is 1.41. The number of para-hydroxylation sites is 1. The van der Waals surface area contributed by atoms with Crippen LogP contribution in [-0.2, 0) is 15.0 Å². The van der Waals surface area contributed by atoms with E-state index in [0.717, 1.165) is 0 Å². The van der Waals surface area contributed by atoms with E-state index in [0.29, 0.717) is 49.9 Å². The maximum atomic E-state index is 12.2. The Bertz CT molecular complexity index is 688. The van der Waals surface area contributed by atoms with Gasteiger partial charge in [-0.1, -0.05) is 23.7 Å². The zero-order valence-corrected chi connectivity index (χ0v) is 16.0. The van der Waals surface area contributed by atoms with Gasteiger partial charge in [0.05, 0.1) is 11.6 Å². The number of carbonyl (C=O) groups excluding carboxylic acids is 1. The molecule has 1 aliphatic rings. The molecule has 1 heterocycles. The van der Waals surface area contributed by atoms with Crippen LogP contribution in [0.5, 0.6) is 5.75 Å². The van der Waals surface area contributed by atoms with Crippen LogP contribution in [-0.4, -0.2) is 63.3 Å². The number of benzene rings is 1. The molecule has 0 saturated carbocycles. The molecule has 1 amide bonds. The number of carbonyl (C=O) groups is 1. The molecule has 0 aliphatic carbocycles. The number of nitrogens with zero attached hydrogens (tertiary/aromatic N) is 2. The molecule has 0 unspecified atom stereocenters. The van der Waals surface area contributed by atoms with Gasteiger partial charge in [-0.25, -0.2) is 0 Å². The Hall–Kier alpha value is -1.35. The van der Waals surface area contributed by atoms with Crippen molar-refractivity contribution >= 4 is 27.7 Å². The minimum absolute atomic E-state index is 0.0651. The number of hydrogen-bond acceptors (Lipinski definition) is 4. The Labute approximate surface area is 154 Å². The predicted molar refractivity (Wildman–Crippen MR) is 96.9 cm³/mol. The van der Waals surface area contributed by atoms with E-state index in [1.807, 2.05) is 12.1 Å². The molecule has 0 radical (unpaired) electrons. The fraction of sp³-hybridized carbons (Fsp3) is 0.562. The average molecular weight is 390 g/mol. The fourth-order valence-electron chi connectivity index (χ4n) is 2.62. The van der Waals surface area contributed by atoms with Crippen molar-refractivity contribution in [2.75, 3.05) is 40.3 Å². The second-order valence-electron chi connectivity index (χ2n) is 6.03. The lowest BCUT2D eigenvalue weighted by molar-refractivity contribution is -0.126. The molecule has 1 saturated heterocycles. The van der Waals surface area contributed by atoms with Crippen LogP contribution in [0.15, 0.2) is 24.3 Å². The van der Waals surface area contributed by atoms with Crippen LogP contribution in [0.25, 0.3) is 0 Å². The summed E-state index contributed by atoms with van der Waals surface area (Å²) in [5.74, 6) is 0.346. The van der Waals surface area contributed by atoms with E-state index < -0.39 is 10.2 Å². The van der Waals surface area contributed by atoms with E-state index in [1.165, 1.54) is 22.7 Å². The van der Waals surface area contributed by atoms with Gasteiger partial charge in [0.15, 0.2) is 0 Å². The molecule has 1 aromatic rings. The standard InChI is InChI=1S/C16H24ClN3O4S/c1-19(2)25(22,23)20-10-7-13(8-11-20)16(21)18-9-12-24-15-6-4-3-5-14(15)17/h3-6,13H,7-12H2,1-2H3,(H,18,21). The van der Waals surface area contributed by atoms with Crippen LogP contribution in [0.4, 0.5) is 0 Å². The summed E-state index contributed by atoms with van der Waals surface area (Å²) >= 11 is 5.99. The highest BCUT2D eigenvalue weighted by molar-refractivity contribution is 7.86. The summed E-state index contributed by atoms with van der Waals surface area (Å²) in [6.07, 6.45) is 1.04. The molecule has 0 aromatic heterocycles. The third-order valence-corrected chi connectivity index (χ3v) is 6.36. The maximum Gasteiger partial charge on any atom is 0.281 e. The van der Waals surface area contributed by atoms with Gasteiger partial charge >= 0.3 is 0 Å². The molecule has 140 valence electrons. The van der Waals surface area contributed by atoms with Crippen molar-refractivity contribution in [2.24, 2.45) is 5.92 Å². The lowest BCUT2D eigenvalue weighted by Crippen LogP contribution is -2.47. The number of ether oxygens (including phenoxy) is 1. The Kier molecular flexibility index (Phi) is 7.06. The van der Waals surface area contributed by atoms with Crippen LogP contribution in [0.3, 0.4) is 0 Å². The third-order valence-electron chi connectivity index (χ3n) is 4.11. The van der Waals surface area contributed by atoms with Gasteiger partial charge in [0.1, 0.15) is 12.4 Å². The maximum absolute atomic E-state index is 12.2. The van der Waals surface area contributed by atoms with Gasteiger partial charge in [0, 0.05) is 33.1 Å². The second-order valence-corrected chi connectivity index (χ2v) is 8.58. The minimum atomic E-state index is -3.40. The van der Waals surface area contributed by atoms with Crippen LogP contribution < -0.4 is 10.1 Å². The summed E-state index contributed by atoms with van der Waals surface area (Å²) in [5, 5.41) is 3.36. The van der Waals surface area contributed by atoms with E-state index in [2.05, 4.69) is 5.32 Å². The number of nitrogens with one attached hydrogen (secondary N) is 1. The van der Waals surface area contributed by atoms with Gasteiger partial charge in [-0.05, 0) is 25.0 Å². The first-order valence-corrected chi connectivity index (χ1v) is 9.92. The van der Waals surface area contributed by atoms with Crippen molar-refractivity contribution in [1.82, 2.24) is 13.9 Å². The van der Waals surface area contributed by atoms with Crippen molar-refractivity contribution in [3.8, 4) is 5.75 Å². The van der Waals surface area contributed by atoms with E-state index in [1.54, 1.807) is 12.1 Å². The van der Waals surface area contributed by atoms with Crippen LogP contribution in [0, 0.1) is 5.92 Å². The van der Waals surface area contributed by atoms with Crippen LogP contribution >= 0.6 is 11.6 Å². The molecule has 9 heteroatoms. The fourth-order valence-corrected chi connectivity index (χ4v) is 3.95. The van der Waals surface area contributed by atoms with Crippen molar-refractivity contribution < 1.29 is 17.9 Å². The third kappa shape index (κ3) is 5.31. The van der Waals surface area contributed by atoms with Crippen LogP contribution in [0.1, 0.15) is 12.8 Å². The molecule has 0 spiro atoms. The van der Waals surface area contributed by atoms with Crippen molar-refractivity contribution in [2.45, 2.75) is 12.8 Å². The van der Waals surface area contributed by atoms with Crippen LogP contribution in [0.2, 0.25) is 5.02 Å². The zero-order valence-electron chi connectivity index (χ0n) is 14.4. The molecule has 1 aliphatic heterocycles. The molecule has 1 fully saturated rings. The quantitative estimate of drug-likeness (QED) is 0.714. The number of piperidine rings is 1. The average Bonchev–Trinajstić information content (AvgIpc) is 2.60. The first-order valence-electron chi connectivity index (χ1n) is 8.15. The predicted octanol–water partition coefficient (Wildman–Crippen LogP) is 1.35. The normalized spacial score (nSPS) is 16.8. The molecule has 25 heavy (non-hydrogen) atoms. The van der Waals surface area contributed by atoms with Crippen molar-refractivity contribution in [3.63, 3.8) is 0 Å². The topological polar surface area (TPSA) is 79.0 Å². The highest BCUT2D eigenvalue weighted by atomic mass is 35.5. The molecular formula is C16H24ClN3O4S. The molecular weight excluding hydrogens is 366 g/mol. The largest absolute Gasteiger partial charge is 0.490 e. The lowest BCUT2D eigenvalue weighted by atomic mass is 9.97. The SMILES string of the molecule is CN(C)S(=O)(=O)N1CCC(C(=O)NCCOc2ccccc2Cl)CC1. The lowest BCUT2D eigenvalue weighted by Gasteiger charge is -2.32. The Balaban J connectivity index is 1.72. The molecule has 0 atom stereocenters. The first-order chi connectivity index (χ1) is 11.8. The Morgan fingerprint density at radius 1 is 1.32 bits per heavy atom. The zero-order chi connectivity index (χ0) is 18.4. The van der Waals surface area contributed by atoms with E-state index in [4.69, 9.17) is 16.3 Å². The first kappa shape index (κ1) is 20.0. The highest BCUT2D eigenvalue weighted by Gasteiger charge is 2.32. The number of rotatable bonds is 7. The Morgan fingerprint density at radius 3 is 2.56 bits per heavy atom. The van der Waals surface area contributed by atoms with Crippen molar-refractivity contribution in [3.05, 3.63) is 29.3 Å². The molecule has 7 nitrogen and oxygen atoms in total. The van der Waals surface area contributed by atoms with Gasteiger partial charge in [-0.15, -0.1) is 0 Å². The summed E-state index contributed by atoms with van der Waals surface area (Å²) in [7, 11) is -0.388. The van der Waals surface area contributed by atoms with Gasteiger partial charge in [-0.3, -0.25) is 4.79 Å². The summed E-state index contributed by atoms with van der Waals surface area (Å²) in [6, 6.07) is 7.16. The monoisotopic (exact) mass is 389 g/mol. The number of hydrogen-bond donors (Lipinski definition) is 1. The van der Waals surface area contributed by atoms with E-state index in [9.17, 15) is 13.2 Å². The van der Waals surface area contributed by atoms with Gasteiger partial charge in [0.25, 0.3) is 10.2 Å². The summed E-state index contributed by atoms with van der Waals surface area (Å²) < 4.78 is 32.2. The van der Waals surface area contributed by atoms with E-state index in [-0.39, 0.29) is 11.8 Å². The molecule has 1 N–H and O–H groups in total. The smallest absolute Gasteiger partial charge is 0.281 e. The molecule has 0 bridgehead atoms. The highest BCUT2D eigenvalue weighted by Crippen LogP contribution is 2.23. The summed E-state index contributed by atoms with van der Waals surface area (Å²) in [4.78, 5) is 12.2. The molecule has 2 rings (SSSR count). The molecule has 1 aromatic carbocycles.